The van der Waals surface area contributed by atoms with Gasteiger partial charge >= 0.3 is 0 Å². The number of hydrogen-bond donors (Lipinski definition) is 1. The fraction of sp³-hybridized carbons (Fsp3) is 0.417. The molecule has 0 saturated carbocycles. The number of benzene rings is 1. The number of nitrogens with one attached hydrogen (secondary N) is 1. The van der Waals surface area contributed by atoms with Gasteiger partial charge in [0, 0.05) is 35.9 Å². The van der Waals surface area contributed by atoms with E-state index in [0.29, 0.717) is 24.4 Å². The molecular weight excluding hydrogens is 284 g/mol. The summed E-state index contributed by atoms with van der Waals surface area (Å²) in [5, 5.41) is 11.6. The molecule has 1 aromatic carbocycles. The highest BCUT2D eigenvalue weighted by Gasteiger charge is 2.13. The number of nitriles is 1. The first-order chi connectivity index (χ1) is 8.95. The van der Waals surface area contributed by atoms with Gasteiger partial charge < -0.3 is 5.32 Å². The molecule has 0 bridgehead atoms. The van der Waals surface area contributed by atoms with E-state index in [-0.39, 0.29) is 10.6 Å². The van der Waals surface area contributed by atoms with Crippen LogP contribution in [0.3, 0.4) is 0 Å². The van der Waals surface area contributed by atoms with Gasteiger partial charge in [-0.1, -0.05) is 0 Å². The molecule has 0 aromatic heterocycles. The molecule has 1 N–H and O–H groups in total. The maximum absolute atomic E-state index is 11.9. The minimum Gasteiger partial charge on any atom is -0.315 e. The highest BCUT2D eigenvalue weighted by molar-refractivity contribution is 7.91. The standard InChI is InChI=1S/C12H16N2O3S2/c1-18(15)8-6-14-7-9-19(16,17)12-4-2-11(10-13)3-5-12/h2-5,14H,6-9H2,1H3. The topological polar surface area (TPSA) is 87.0 Å². The van der Waals surface area contributed by atoms with Gasteiger partial charge in [0.2, 0.25) is 0 Å². The molecule has 0 aliphatic carbocycles. The Hall–Kier alpha value is -1.23. The van der Waals surface area contributed by atoms with Crippen LogP contribution in [-0.2, 0) is 20.6 Å². The van der Waals surface area contributed by atoms with Gasteiger partial charge in [0.25, 0.3) is 0 Å². The summed E-state index contributed by atoms with van der Waals surface area (Å²) in [5.41, 5.74) is 0.433. The van der Waals surface area contributed by atoms with E-state index < -0.39 is 20.6 Å². The zero-order valence-corrected chi connectivity index (χ0v) is 12.3. The molecule has 104 valence electrons. The Kier molecular flexibility index (Phi) is 6.15. The van der Waals surface area contributed by atoms with E-state index >= 15 is 0 Å². The molecule has 5 nitrogen and oxygen atoms in total. The number of hydrogen-bond acceptors (Lipinski definition) is 5. The number of rotatable bonds is 7. The molecule has 0 aliphatic rings. The van der Waals surface area contributed by atoms with Crippen molar-refractivity contribution in [3.05, 3.63) is 29.8 Å². The van der Waals surface area contributed by atoms with Crippen molar-refractivity contribution >= 4 is 20.6 Å². The smallest absolute Gasteiger partial charge is 0.179 e. The zero-order valence-electron chi connectivity index (χ0n) is 10.6. The average Bonchev–Trinajstić information content (AvgIpc) is 2.38. The Labute approximate surface area is 116 Å². The molecule has 0 aliphatic heterocycles. The van der Waals surface area contributed by atoms with Crippen LogP contribution >= 0.6 is 0 Å². The Bertz CT molecular complexity index is 574. The SMILES string of the molecule is CS(=O)CCNCCS(=O)(=O)c1ccc(C#N)cc1. The lowest BCUT2D eigenvalue weighted by Crippen LogP contribution is -2.26. The van der Waals surface area contributed by atoms with E-state index in [9.17, 15) is 12.6 Å². The van der Waals surface area contributed by atoms with E-state index in [2.05, 4.69) is 5.32 Å². The van der Waals surface area contributed by atoms with Crippen LogP contribution in [0.4, 0.5) is 0 Å². The van der Waals surface area contributed by atoms with E-state index in [4.69, 9.17) is 5.26 Å². The molecule has 0 amide bonds. The summed E-state index contributed by atoms with van der Waals surface area (Å²) in [6.45, 7) is 0.853. The molecule has 1 unspecified atom stereocenters. The van der Waals surface area contributed by atoms with Crippen LogP contribution in [0.2, 0.25) is 0 Å². The quantitative estimate of drug-likeness (QED) is 0.732. The summed E-state index contributed by atoms with van der Waals surface area (Å²) in [6.07, 6.45) is 1.61. The summed E-state index contributed by atoms with van der Waals surface area (Å²) in [4.78, 5) is 0.215. The Morgan fingerprint density at radius 3 is 2.42 bits per heavy atom. The van der Waals surface area contributed by atoms with Crippen LogP contribution < -0.4 is 5.32 Å². The third kappa shape index (κ3) is 5.51. The molecule has 0 heterocycles. The molecule has 1 rings (SSSR count). The van der Waals surface area contributed by atoms with Crippen molar-refractivity contribution in [3.8, 4) is 6.07 Å². The molecule has 0 radical (unpaired) electrons. The predicted molar refractivity (Wildman–Crippen MR) is 75.0 cm³/mol. The largest absolute Gasteiger partial charge is 0.315 e. The first kappa shape index (κ1) is 15.8. The Morgan fingerprint density at radius 1 is 1.26 bits per heavy atom. The van der Waals surface area contributed by atoms with E-state index in [0.717, 1.165) is 0 Å². The van der Waals surface area contributed by atoms with Crippen molar-refractivity contribution in [2.45, 2.75) is 4.90 Å². The first-order valence-corrected chi connectivity index (χ1v) is 9.07. The van der Waals surface area contributed by atoms with Crippen LogP contribution in [0.1, 0.15) is 5.56 Å². The second-order valence-corrected chi connectivity index (χ2v) is 7.65. The Balaban J connectivity index is 2.51. The monoisotopic (exact) mass is 300 g/mol. The van der Waals surface area contributed by atoms with Crippen molar-refractivity contribution in [2.75, 3.05) is 30.9 Å². The van der Waals surface area contributed by atoms with Crippen LogP contribution in [0.15, 0.2) is 29.2 Å². The van der Waals surface area contributed by atoms with Gasteiger partial charge in [-0.3, -0.25) is 4.21 Å². The summed E-state index contributed by atoms with van der Waals surface area (Å²) in [7, 11) is -4.21. The third-order valence-corrected chi connectivity index (χ3v) is 4.97. The summed E-state index contributed by atoms with van der Waals surface area (Å²) >= 11 is 0. The van der Waals surface area contributed by atoms with Crippen molar-refractivity contribution in [1.82, 2.24) is 5.32 Å². The number of nitrogens with zero attached hydrogens (tertiary/aromatic N) is 1. The van der Waals surface area contributed by atoms with Gasteiger partial charge in [0.15, 0.2) is 9.84 Å². The molecule has 19 heavy (non-hydrogen) atoms. The lowest BCUT2D eigenvalue weighted by molar-refractivity contribution is 0.592. The van der Waals surface area contributed by atoms with E-state index in [1.54, 1.807) is 6.26 Å². The molecule has 0 saturated heterocycles. The van der Waals surface area contributed by atoms with E-state index in [1.165, 1.54) is 24.3 Å². The molecule has 7 heteroatoms. The predicted octanol–water partition coefficient (Wildman–Crippen LogP) is 0.300. The second kappa shape index (κ2) is 7.38. The zero-order chi connectivity index (χ0) is 14.3. The fourth-order valence-corrected chi connectivity index (χ4v) is 3.03. The van der Waals surface area contributed by atoms with Gasteiger partial charge in [-0.05, 0) is 24.3 Å². The van der Waals surface area contributed by atoms with Crippen molar-refractivity contribution in [2.24, 2.45) is 0 Å². The summed E-state index contributed by atoms with van der Waals surface area (Å²) in [6, 6.07) is 7.79. The number of sulfone groups is 1. The van der Waals surface area contributed by atoms with Crippen molar-refractivity contribution < 1.29 is 12.6 Å². The third-order valence-electron chi connectivity index (χ3n) is 2.46. The minimum absolute atomic E-state index is 0.0186. The van der Waals surface area contributed by atoms with Gasteiger partial charge in [0.1, 0.15) is 0 Å². The summed E-state index contributed by atoms with van der Waals surface area (Å²) in [5.74, 6) is 0.492. The second-order valence-electron chi connectivity index (χ2n) is 3.98. The van der Waals surface area contributed by atoms with Crippen LogP contribution in [0, 0.1) is 11.3 Å². The fourth-order valence-electron chi connectivity index (χ4n) is 1.40. The van der Waals surface area contributed by atoms with Crippen LogP contribution in [0.25, 0.3) is 0 Å². The average molecular weight is 300 g/mol. The highest BCUT2D eigenvalue weighted by atomic mass is 32.2. The highest BCUT2D eigenvalue weighted by Crippen LogP contribution is 2.11. The van der Waals surface area contributed by atoms with Gasteiger partial charge in [0.05, 0.1) is 22.3 Å². The lowest BCUT2D eigenvalue weighted by Gasteiger charge is -2.05. The molecular formula is C12H16N2O3S2. The first-order valence-electron chi connectivity index (χ1n) is 5.69. The van der Waals surface area contributed by atoms with Crippen molar-refractivity contribution in [1.29, 1.82) is 5.26 Å². The minimum atomic E-state index is -3.33. The molecule has 0 spiro atoms. The maximum Gasteiger partial charge on any atom is 0.179 e. The lowest BCUT2D eigenvalue weighted by atomic mass is 10.2. The van der Waals surface area contributed by atoms with E-state index in [1.807, 2.05) is 6.07 Å². The normalized spacial score (nSPS) is 12.8. The van der Waals surface area contributed by atoms with Crippen LogP contribution in [0.5, 0.6) is 0 Å². The Morgan fingerprint density at radius 2 is 1.89 bits per heavy atom. The van der Waals surface area contributed by atoms with Crippen molar-refractivity contribution in [3.63, 3.8) is 0 Å². The maximum atomic E-state index is 11.9. The molecule has 0 fully saturated rings. The van der Waals surface area contributed by atoms with Gasteiger partial charge in [-0.25, -0.2) is 8.42 Å². The van der Waals surface area contributed by atoms with Crippen LogP contribution in [-0.4, -0.2) is 43.5 Å². The van der Waals surface area contributed by atoms with Gasteiger partial charge in [-0.2, -0.15) is 5.26 Å². The molecule has 1 atom stereocenters. The van der Waals surface area contributed by atoms with Gasteiger partial charge in [-0.15, -0.1) is 0 Å². The summed E-state index contributed by atoms with van der Waals surface area (Å²) < 4.78 is 34.7. The molecule has 1 aromatic rings.